The van der Waals surface area contributed by atoms with Crippen molar-refractivity contribution in [3.8, 4) is 5.88 Å². The van der Waals surface area contributed by atoms with E-state index in [4.69, 9.17) is 4.74 Å². The number of carbonyl (C=O) groups is 1. The summed E-state index contributed by atoms with van der Waals surface area (Å²) in [5.41, 5.74) is 0.710. The number of likely N-dealkylation sites (N-methyl/N-ethyl adjacent to an activating group) is 1. The van der Waals surface area contributed by atoms with Crippen LogP contribution in [0.2, 0.25) is 0 Å². The summed E-state index contributed by atoms with van der Waals surface area (Å²) < 4.78 is 28.3. The van der Waals surface area contributed by atoms with Crippen LogP contribution in [0.4, 0.5) is 5.69 Å². The number of carbonyl (C=O) groups excluding carboxylic acids is 1. The molecule has 0 aliphatic carbocycles. The summed E-state index contributed by atoms with van der Waals surface area (Å²) >= 11 is 0. The van der Waals surface area contributed by atoms with Crippen molar-refractivity contribution in [2.75, 3.05) is 30.5 Å². The highest BCUT2D eigenvalue weighted by atomic mass is 32.2. The second-order valence-electron chi connectivity index (χ2n) is 5.64. The van der Waals surface area contributed by atoms with E-state index in [0.29, 0.717) is 24.5 Å². The van der Waals surface area contributed by atoms with Crippen LogP contribution in [0.25, 0.3) is 0 Å². The zero-order chi connectivity index (χ0) is 17.0. The number of hydrogen-bond acceptors (Lipinski definition) is 6. The number of ether oxygens (including phenoxy) is 1. The third-order valence-corrected chi connectivity index (χ3v) is 5.72. The second kappa shape index (κ2) is 7.16. The Morgan fingerprint density at radius 3 is 2.74 bits per heavy atom. The smallest absolute Gasteiger partial charge is 0.245 e. The summed E-state index contributed by atoms with van der Waals surface area (Å²) in [5.74, 6) is 0.612. The molecule has 1 fully saturated rings. The Labute approximate surface area is 137 Å². The third-order valence-electron chi connectivity index (χ3n) is 3.97. The van der Waals surface area contributed by atoms with E-state index in [2.05, 4.69) is 10.3 Å². The molecule has 1 aliphatic rings. The number of rotatable bonds is 6. The number of sulfone groups is 1. The van der Waals surface area contributed by atoms with Crippen molar-refractivity contribution in [1.29, 1.82) is 0 Å². The molecule has 1 aliphatic heterocycles. The fourth-order valence-corrected chi connectivity index (χ4v) is 4.49. The number of hydrogen-bond donors (Lipinski definition) is 1. The Hall–Kier alpha value is -1.83. The van der Waals surface area contributed by atoms with Crippen LogP contribution in [0.5, 0.6) is 5.88 Å². The van der Waals surface area contributed by atoms with E-state index in [1.165, 1.54) is 7.11 Å². The van der Waals surface area contributed by atoms with E-state index in [9.17, 15) is 13.2 Å². The lowest BCUT2D eigenvalue weighted by Crippen LogP contribution is -2.47. The maximum absolute atomic E-state index is 12.6. The van der Waals surface area contributed by atoms with Crippen molar-refractivity contribution in [3.63, 3.8) is 0 Å². The second-order valence-corrected chi connectivity index (χ2v) is 7.87. The molecule has 2 atom stereocenters. The molecule has 1 saturated heterocycles. The molecule has 128 valence electrons. The molecule has 2 heterocycles. The Morgan fingerprint density at radius 2 is 2.26 bits per heavy atom. The predicted octanol–water partition coefficient (Wildman–Crippen LogP) is 0.926. The summed E-state index contributed by atoms with van der Waals surface area (Å²) in [6.45, 7) is 4.12. The number of nitrogens with zero attached hydrogens (tertiary/aromatic N) is 2. The minimum atomic E-state index is -3.01. The standard InChI is InChI=1S/C15H23N3O4S/c1-4-18(13-7-8-23(20,21)10-13)15(19)11(2)17-12-5-6-14(22-3)16-9-12/h5-6,9,11,13,17H,4,7-8,10H2,1-3H3/t11-,13+/m1/s1. The number of nitrogens with one attached hydrogen (secondary N) is 1. The molecule has 1 amide bonds. The minimum absolute atomic E-state index is 0.0589. The van der Waals surface area contributed by atoms with Crippen LogP contribution in [0.3, 0.4) is 0 Å². The van der Waals surface area contributed by atoms with Crippen molar-refractivity contribution >= 4 is 21.4 Å². The van der Waals surface area contributed by atoms with Crippen LogP contribution in [0.15, 0.2) is 18.3 Å². The van der Waals surface area contributed by atoms with E-state index in [1.807, 2.05) is 6.92 Å². The number of aromatic nitrogens is 1. The van der Waals surface area contributed by atoms with Gasteiger partial charge in [-0.1, -0.05) is 0 Å². The lowest BCUT2D eigenvalue weighted by Gasteiger charge is -2.30. The largest absolute Gasteiger partial charge is 0.481 e. The highest BCUT2D eigenvalue weighted by Gasteiger charge is 2.35. The molecule has 2 rings (SSSR count). The van der Waals surface area contributed by atoms with Gasteiger partial charge in [0.15, 0.2) is 9.84 Å². The summed E-state index contributed by atoms with van der Waals surface area (Å²) in [4.78, 5) is 18.4. The quantitative estimate of drug-likeness (QED) is 0.828. The summed E-state index contributed by atoms with van der Waals surface area (Å²) in [6.07, 6.45) is 2.11. The normalized spacial score (nSPS) is 20.7. The van der Waals surface area contributed by atoms with Crippen LogP contribution in [-0.2, 0) is 14.6 Å². The molecule has 1 N–H and O–H groups in total. The molecule has 0 bridgehead atoms. The van der Waals surface area contributed by atoms with Gasteiger partial charge in [0.1, 0.15) is 6.04 Å². The Bertz CT molecular complexity index is 645. The van der Waals surface area contributed by atoms with E-state index >= 15 is 0 Å². The first kappa shape index (κ1) is 17.5. The highest BCUT2D eigenvalue weighted by molar-refractivity contribution is 7.91. The molecule has 23 heavy (non-hydrogen) atoms. The minimum Gasteiger partial charge on any atom is -0.481 e. The Balaban J connectivity index is 2.01. The van der Waals surface area contributed by atoms with Crippen molar-refractivity contribution in [3.05, 3.63) is 18.3 Å². The van der Waals surface area contributed by atoms with Crippen LogP contribution in [-0.4, -0.2) is 61.5 Å². The number of methoxy groups -OCH3 is 1. The van der Waals surface area contributed by atoms with E-state index in [0.717, 1.165) is 0 Å². The number of amides is 1. The molecule has 0 aromatic carbocycles. The molecule has 1 aromatic heterocycles. The molecule has 7 nitrogen and oxygen atoms in total. The monoisotopic (exact) mass is 341 g/mol. The van der Waals surface area contributed by atoms with Crippen molar-refractivity contribution in [1.82, 2.24) is 9.88 Å². The van der Waals surface area contributed by atoms with Crippen LogP contribution < -0.4 is 10.1 Å². The summed E-state index contributed by atoms with van der Waals surface area (Å²) in [7, 11) is -1.48. The highest BCUT2D eigenvalue weighted by Crippen LogP contribution is 2.19. The van der Waals surface area contributed by atoms with Gasteiger partial charge in [-0.2, -0.15) is 0 Å². The molecule has 0 radical (unpaired) electrons. The average Bonchev–Trinajstić information content (AvgIpc) is 2.88. The molecule has 0 unspecified atom stereocenters. The number of pyridine rings is 1. The van der Waals surface area contributed by atoms with E-state index < -0.39 is 15.9 Å². The average molecular weight is 341 g/mol. The zero-order valence-electron chi connectivity index (χ0n) is 13.7. The van der Waals surface area contributed by atoms with Gasteiger partial charge < -0.3 is 15.0 Å². The Kier molecular flexibility index (Phi) is 5.46. The summed E-state index contributed by atoms with van der Waals surface area (Å²) in [5, 5.41) is 3.09. The van der Waals surface area contributed by atoms with Gasteiger partial charge in [0.25, 0.3) is 0 Å². The number of anilines is 1. The molecular weight excluding hydrogens is 318 g/mol. The molecule has 8 heteroatoms. The molecular formula is C15H23N3O4S. The van der Waals surface area contributed by atoms with Gasteiger partial charge in [-0.15, -0.1) is 0 Å². The first-order valence-electron chi connectivity index (χ1n) is 7.63. The van der Waals surface area contributed by atoms with Crippen LogP contribution in [0, 0.1) is 0 Å². The molecule has 1 aromatic rings. The van der Waals surface area contributed by atoms with Gasteiger partial charge in [-0.05, 0) is 26.3 Å². The van der Waals surface area contributed by atoms with Crippen molar-refractivity contribution < 1.29 is 17.9 Å². The van der Waals surface area contributed by atoms with Crippen LogP contribution >= 0.6 is 0 Å². The topological polar surface area (TPSA) is 88.6 Å². The maximum Gasteiger partial charge on any atom is 0.245 e. The van der Waals surface area contributed by atoms with Gasteiger partial charge in [0.05, 0.1) is 30.5 Å². The SMILES string of the molecule is CCN(C(=O)[C@@H](C)Nc1ccc(OC)nc1)[C@H]1CCS(=O)(=O)C1. The lowest BCUT2D eigenvalue weighted by molar-refractivity contribution is -0.133. The van der Waals surface area contributed by atoms with E-state index in [-0.39, 0.29) is 23.5 Å². The third kappa shape index (κ3) is 4.34. The van der Waals surface area contributed by atoms with Gasteiger partial charge in [0.2, 0.25) is 11.8 Å². The van der Waals surface area contributed by atoms with Gasteiger partial charge in [0, 0.05) is 18.7 Å². The summed E-state index contributed by atoms with van der Waals surface area (Å²) in [6, 6.07) is 2.80. The van der Waals surface area contributed by atoms with E-state index in [1.54, 1.807) is 30.2 Å². The first-order valence-corrected chi connectivity index (χ1v) is 9.46. The predicted molar refractivity (Wildman–Crippen MR) is 88.3 cm³/mol. The van der Waals surface area contributed by atoms with Crippen LogP contribution in [0.1, 0.15) is 20.3 Å². The van der Waals surface area contributed by atoms with Gasteiger partial charge in [-0.3, -0.25) is 4.79 Å². The first-order chi connectivity index (χ1) is 10.9. The fraction of sp³-hybridized carbons (Fsp3) is 0.600. The maximum atomic E-state index is 12.6. The lowest BCUT2D eigenvalue weighted by atomic mass is 10.2. The van der Waals surface area contributed by atoms with Gasteiger partial charge >= 0.3 is 0 Å². The van der Waals surface area contributed by atoms with Gasteiger partial charge in [-0.25, -0.2) is 13.4 Å². The fourth-order valence-electron chi connectivity index (χ4n) is 2.76. The van der Waals surface area contributed by atoms with Crippen molar-refractivity contribution in [2.45, 2.75) is 32.4 Å². The Morgan fingerprint density at radius 1 is 1.52 bits per heavy atom. The molecule has 0 saturated carbocycles. The molecule has 0 spiro atoms. The zero-order valence-corrected chi connectivity index (χ0v) is 14.5. The van der Waals surface area contributed by atoms with Crippen molar-refractivity contribution in [2.24, 2.45) is 0 Å².